The molecule has 0 saturated carbocycles. The average molecular weight is 779 g/mol. The lowest BCUT2D eigenvalue weighted by atomic mass is 9.89. The number of rotatable bonds is 10. The minimum Gasteiger partial charge on any atom is -0.444 e. The Bertz CT molecular complexity index is 2120. The number of nitrogens with two attached hydrogens (primary N) is 1. The zero-order chi connectivity index (χ0) is 40.7. The number of piperazine rings is 1. The summed E-state index contributed by atoms with van der Waals surface area (Å²) in [4.78, 5) is 67.7. The first-order valence-electron chi connectivity index (χ1n) is 18.8. The smallest absolute Gasteiger partial charge is 0.412 e. The Hall–Kier alpha value is -6.58. The van der Waals surface area contributed by atoms with E-state index in [9.17, 15) is 19.2 Å². The van der Waals surface area contributed by atoms with Crippen LogP contribution in [-0.2, 0) is 20.9 Å². The number of alkyl carbamates (subject to hydrolysis) is 1. The largest absolute Gasteiger partial charge is 0.444 e. The number of fused-ring (bicyclic) bond motifs is 1. The Morgan fingerprint density at radius 3 is 2.49 bits per heavy atom. The minimum atomic E-state index is -0.762. The highest BCUT2D eigenvalue weighted by molar-refractivity contribution is 6.11. The van der Waals surface area contributed by atoms with Crippen molar-refractivity contribution in [2.75, 3.05) is 60.2 Å². The fourth-order valence-corrected chi connectivity index (χ4v) is 6.93. The molecule has 2 aromatic heterocycles. The van der Waals surface area contributed by atoms with Crippen LogP contribution in [0.3, 0.4) is 0 Å². The molecule has 3 atom stereocenters. The molecule has 16 heteroatoms. The lowest BCUT2D eigenvalue weighted by Crippen LogP contribution is -2.63. The number of likely N-dealkylation sites (N-methyl/N-ethyl adjacent to an activating group) is 1. The van der Waals surface area contributed by atoms with Gasteiger partial charge in [0, 0.05) is 62.9 Å². The molecule has 4 heterocycles. The first-order chi connectivity index (χ1) is 27.3. The predicted molar refractivity (Wildman–Crippen MR) is 219 cm³/mol. The van der Waals surface area contributed by atoms with Gasteiger partial charge in [0.1, 0.15) is 12.2 Å². The highest BCUT2D eigenvalue weighted by atomic mass is 16.6. The van der Waals surface area contributed by atoms with Gasteiger partial charge in [0.2, 0.25) is 5.91 Å². The number of hydrogen-bond donors (Lipinski definition) is 5. The van der Waals surface area contributed by atoms with E-state index in [4.69, 9.17) is 20.2 Å². The van der Waals surface area contributed by atoms with Crippen molar-refractivity contribution < 1.29 is 28.7 Å². The molecular formula is C41H50N10O6. The summed E-state index contributed by atoms with van der Waals surface area (Å²) in [6, 6.07) is 17.7. The van der Waals surface area contributed by atoms with Crippen LogP contribution in [0.4, 0.5) is 32.3 Å². The number of nitrogens with one attached hydrogen (secondary N) is 4. The van der Waals surface area contributed by atoms with E-state index in [2.05, 4.69) is 38.1 Å². The van der Waals surface area contributed by atoms with E-state index in [-0.39, 0.29) is 42.4 Å². The molecule has 0 unspecified atom stereocenters. The SMILES string of the molecule is C[C@H]1CN(c2ccncc2NC(=O)c2nc3cc(N4CCN(C)C(=O)C4)ccc3cc2NC(=O)OCc2ccccc2)C[C@@H](NC(=O)OC(C)(C)C)[C@H]1N/C=C\N. The van der Waals surface area contributed by atoms with E-state index in [1.807, 2.05) is 53.4 Å². The third-order valence-corrected chi connectivity index (χ3v) is 9.73. The maximum Gasteiger partial charge on any atom is 0.412 e. The summed E-state index contributed by atoms with van der Waals surface area (Å²) in [6.07, 6.45) is 4.90. The monoisotopic (exact) mass is 778 g/mol. The van der Waals surface area contributed by atoms with Gasteiger partial charge in [0.05, 0.1) is 47.4 Å². The van der Waals surface area contributed by atoms with Crippen molar-refractivity contribution in [3.05, 3.63) is 96.7 Å². The topological polar surface area (TPSA) is 196 Å². The second-order valence-electron chi connectivity index (χ2n) is 15.2. The zero-order valence-corrected chi connectivity index (χ0v) is 32.8. The van der Waals surface area contributed by atoms with Crippen molar-refractivity contribution >= 4 is 57.7 Å². The van der Waals surface area contributed by atoms with Crippen LogP contribution in [0.25, 0.3) is 10.9 Å². The Labute approximate surface area is 331 Å². The van der Waals surface area contributed by atoms with Crippen molar-refractivity contribution in [1.82, 2.24) is 25.5 Å². The van der Waals surface area contributed by atoms with Crippen LogP contribution in [0.5, 0.6) is 0 Å². The lowest BCUT2D eigenvalue weighted by molar-refractivity contribution is -0.129. The molecule has 0 radical (unpaired) electrons. The van der Waals surface area contributed by atoms with E-state index in [1.54, 1.807) is 63.4 Å². The second-order valence-corrected chi connectivity index (χ2v) is 15.2. The van der Waals surface area contributed by atoms with E-state index in [0.717, 1.165) is 11.3 Å². The normalized spacial score (nSPS) is 18.6. The quantitative estimate of drug-likeness (QED) is 0.150. The highest BCUT2D eigenvalue weighted by Gasteiger charge is 2.37. The summed E-state index contributed by atoms with van der Waals surface area (Å²) in [6.45, 7) is 9.83. The number of nitrogens with zero attached hydrogens (tertiary/aromatic N) is 5. The molecule has 300 valence electrons. The lowest BCUT2D eigenvalue weighted by Gasteiger charge is -2.44. The minimum absolute atomic E-state index is 0.00347. The molecule has 2 fully saturated rings. The van der Waals surface area contributed by atoms with Gasteiger partial charge in [-0.2, -0.15) is 0 Å². The van der Waals surface area contributed by atoms with Crippen molar-refractivity contribution in [2.24, 2.45) is 11.7 Å². The molecule has 0 bridgehead atoms. The Morgan fingerprint density at radius 1 is 0.965 bits per heavy atom. The first-order valence-corrected chi connectivity index (χ1v) is 18.8. The number of carbonyl (C=O) groups is 4. The molecule has 4 amide bonds. The number of carbonyl (C=O) groups excluding carboxylic acids is 4. The summed E-state index contributed by atoms with van der Waals surface area (Å²) < 4.78 is 11.1. The van der Waals surface area contributed by atoms with Gasteiger partial charge < -0.3 is 45.9 Å². The fourth-order valence-electron chi connectivity index (χ4n) is 6.93. The van der Waals surface area contributed by atoms with Crippen molar-refractivity contribution in [3.63, 3.8) is 0 Å². The Kier molecular flexibility index (Phi) is 12.3. The fraction of sp³-hybridized carbons (Fsp3) is 0.366. The zero-order valence-electron chi connectivity index (χ0n) is 32.8. The number of amides is 4. The molecular weight excluding hydrogens is 729 g/mol. The molecule has 4 aromatic rings. The van der Waals surface area contributed by atoms with Crippen LogP contribution >= 0.6 is 0 Å². The van der Waals surface area contributed by atoms with Crippen molar-refractivity contribution in [1.29, 1.82) is 0 Å². The van der Waals surface area contributed by atoms with Crippen molar-refractivity contribution in [2.45, 2.75) is 52.0 Å². The molecule has 2 aliphatic heterocycles. The van der Waals surface area contributed by atoms with Gasteiger partial charge in [-0.1, -0.05) is 43.3 Å². The van der Waals surface area contributed by atoms with Gasteiger partial charge in [-0.25, -0.2) is 14.6 Å². The van der Waals surface area contributed by atoms with E-state index in [0.29, 0.717) is 48.5 Å². The molecule has 6 rings (SSSR count). The molecule has 16 nitrogen and oxygen atoms in total. The molecule has 2 aliphatic rings. The molecule has 6 N–H and O–H groups in total. The number of anilines is 4. The van der Waals surface area contributed by atoms with Crippen LogP contribution in [0.2, 0.25) is 0 Å². The van der Waals surface area contributed by atoms with Crippen LogP contribution in [0, 0.1) is 5.92 Å². The summed E-state index contributed by atoms with van der Waals surface area (Å²) in [5.41, 5.74) is 8.16. The van der Waals surface area contributed by atoms with Gasteiger partial charge in [-0.3, -0.25) is 19.9 Å². The Morgan fingerprint density at radius 2 is 1.75 bits per heavy atom. The Balaban J connectivity index is 1.29. The number of benzene rings is 2. The molecule has 57 heavy (non-hydrogen) atoms. The summed E-state index contributed by atoms with van der Waals surface area (Å²) in [5, 5.41) is 12.7. The third-order valence-electron chi connectivity index (χ3n) is 9.73. The highest BCUT2D eigenvalue weighted by Crippen LogP contribution is 2.32. The maximum absolute atomic E-state index is 14.3. The summed E-state index contributed by atoms with van der Waals surface area (Å²) in [7, 11) is 1.78. The third kappa shape index (κ3) is 10.2. The predicted octanol–water partition coefficient (Wildman–Crippen LogP) is 4.65. The molecule has 0 aliphatic carbocycles. The van der Waals surface area contributed by atoms with Gasteiger partial charge >= 0.3 is 12.2 Å². The number of pyridine rings is 2. The van der Waals surface area contributed by atoms with E-state index in [1.165, 1.54) is 6.20 Å². The van der Waals surface area contributed by atoms with Crippen LogP contribution in [0.15, 0.2) is 85.5 Å². The van der Waals surface area contributed by atoms with E-state index >= 15 is 0 Å². The number of ether oxygens (including phenoxy) is 2. The van der Waals surface area contributed by atoms with Gasteiger partial charge in [-0.15, -0.1) is 0 Å². The first kappa shape index (κ1) is 40.1. The number of aromatic nitrogens is 2. The second kappa shape index (κ2) is 17.5. The number of piperidine rings is 1. The van der Waals surface area contributed by atoms with Gasteiger partial charge in [0.25, 0.3) is 5.91 Å². The maximum atomic E-state index is 14.3. The van der Waals surface area contributed by atoms with Crippen LogP contribution < -0.4 is 36.8 Å². The summed E-state index contributed by atoms with van der Waals surface area (Å²) in [5.74, 6) is -0.605. The van der Waals surface area contributed by atoms with E-state index < -0.39 is 29.7 Å². The van der Waals surface area contributed by atoms with Crippen molar-refractivity contribution in [3.8, 4) is 0 Å². The summed E-state index contributed by atoms with van der Waals surface area (Å²) >= 11 is 0. The van der Waals surface area contributed by atoms with Gasteiger partial charge in [-0.05, 0) is 56.5 Å². The molecule has 2 aromatic carbocycles. The van der Waals surface area contributed by atoms with Crippen LogP contribution in [-0.4, -0.2) is 96.3 Å². The van der Waals surface area contributed by atoms with Crippen LogP contribution in [0.1, 0.15) is 43.7 Å². The van der Waals surface area contributed by atoms with Gasteiger partial charge in [0.15, 0.2) is 5.69 Å². The molecule has 0 spiro atoms. The average Bonchev–Trinajstić information content (AvgIpc) is 3.17. The number of hydrogen-bond acceptors (Lipinski definition) is 12. The molecule has 2 saturated heterocycles. The standard InChI is InChI=1S/C41H50N10O6/c1-26-22-51(23-33(36(26)44-16-14-42)48-40(55)57-41(2,3)4)34-13-15-43-21-32(34)46-38(53)37-31(47-39(54)56-25-27-9-7-6-8-10-27)19-28-11-12-29(20-30(28)45-37)50-18-17-49(5)35(52)24-50/h6-16,19-21,26,33,36,44H,17-18,22-25,42H2,1-5H3,(H,46,53)(H,47,54)(H,48,55)/b16-14-/t26-,33+,36-/m0/s1.